The van der Waals surface area contributed by atoms with Crippen molar-refractivity contribution in [2.45, 2.75) is 25.4 Å². The highest BCUT2D eigenvalue weighted by Gasteiger charge is 2.17. The Balaban J connectivity index is 1.09. The van der Waals surface area contributed by atoms with Crippen molar-refractivity contribution in [3.8, 4) is 11.5 Å². The molecule has 9 heteroatoms. The summed E-state index contributed by atoms with van der Waals surface area (Å²) in [5.41, 5.74) is 5.40. The number of nitrogens with zero attached hydrogens (tertiary/aromatic N) is 4. The number of para-hydroxylation sites is 2. The minimum Gasteiger partial charge on any atom is -0.507 e. The zero-order valence-corrected chi connectivity index (χ0v) is 25.5. The SMILES string of the molecule is O=C(NCC(Cc1ccc(Cc2nnn[nH]2)cc1)c1ccc2cc(OCc3ccc4ccccc4n3)ccc2c1)c1ccccc1O. The normalized spacial score (nSPS) is 11.8. The van der Waals surface area contributed by atoms with Gasteiger partial charge in [-0.2, -0.15) is 0 Å². The second-order valence-electron chi connectivity index (χ2n) is 11.5. The molecule has 5 aromatic carbocycles. The molecule has 0 radical (unpaired) electrons. The highest BCUT2D eigenvalue weighted by Crippen LogP contribution is 2.28. The molecule has 0 aliphatic carbocycles. The van der Waals surface area contributed by atoms with Gasteiger partial charge in [0.15, 0.2) is 5.82 Å². The lowest BCUT2D eigenvalue weighted by Crippen LogP contribution is -2.29. The first-order valence-electron chi connectivity index (χ1n) is 15.5. The number of phenolic OH excluding ortho intramolecular Hbond substituents is 1. The molecule has 1 amide bonds. The highest BCUT2D eigenvalue weighted by molar-refractivity contribution is 5.96. The van der Waals surface area contributed by atoms with E-state index >= 15 is 0 Å². The molecule has 47 heavy (non-hydrogen) atoms. The first-order chi connectivity index (χ1) is 23.1. The number of fused-ring (bicyclic) bond motifs is 2. The van der Waals surface area contributed by atoms with Gasteiger partial charge in [0.2, 0.25) is 0 Å². The molecule has 0 saturated heterocycles. The number of rotatable bonds is 11. The van der Waals surface area contributed by atoms with Crippen LogP contribution in [0.2, 0.25) is 0 Å². The molecule has 9 nitrogen and oxygen atoms in total. The Morgan fingerprint density at radius 1 is 0.809 bits per heavy atom. The lowest BCUT2D eigenvalue weighted by molar-refractivity contribution is 0.0948. The molecular weight excluding hydrogens is 588 g/mol. The number of phenols is 1. The van der Waals surface area contributed by atoms with Gasteiger partial charge in [-0.05, 0) is 80.7 Å². The van der Waals surface area contributed by atoms with E-state index in [1.54, 1.807) is 18.2 Å². The van der Waals surface area contributed by atoms with E-state index in [1.807, 2.05) is 42.5 Å². The lowest BCUT2D eigenvalue weighted by atomic mass is 9.90. The fraction of sp³-hybridized carbons (Fsp3) is 0.132. The monoisotopic (exact) mass is 620 g/mol. The number of amides is 1. The largest absolute Gasteiger partial charge is 0.507 e. The standard InChI is InChI=1S/C38H32N6O3/c45-36-8-4-2-6-34(36)38(46)39-23-31(19-25-9-11-26(12-10-25)20-37-41-43-44-42-37)29-13-14-30-22-33(18-16-28(30)21-29)47-24-32-17-15-27-5-1-3-7-35(27)40-32/h1-18,21-22,31,45H,19-20,23-24H2,(H,39,46)(H,41,42,43,44). The Kier molecular flexibility index (Phi) is 8.50. The van der Waals surface area contributed by atoms with Crippen molar-refractivity contribution in [3.05, 3.63) is 155 Å². The van der Waals surface area contributed by atoms with Gasteiger partial charge < -0.3 is 15.2 Å². The summed E-state index contributed by atoms with van der Waals surface area (Å²) >= 11 is 0. The summed E-state index contributed by atoms with van der Waals surface area (Å²) < 4.78 is 6.12. The van der Waals surface area contributed by atoms with Crippen LogP contribution < -0.4 is 10.1 Å². The van der Waals surface area contributed by atoms with Gasteiger partial charge in [-0.1, -0.05) is 84.9 Å². The predicted octanol–water partition coefficient (Wildman–Crippen LogP) is 6.53. The van der Waals surface area contributed by atoms with Gasteiger partial charge >= 0.3 is 0 Å². The second-order valence-corrected chi connectivity index (χ2v) is 11.5. The Morgan fingerprint density at radius 3 is 2.43 bits per heavy atom. The van der Waals surface area contributed by atoms with E-state index in [9.17, 15) is 9.90 Å². The van der Waals surface area contributed by atoms with Crippen molar-refractivity contribution >= 4 is 27.6 Å². The van der Waals surface area contributed by atoms with E-state index in [-0.39, 0.29) is 23.1 Å². The number of nitrogens with one attached hydrogen (secondary N) is 2. The first kappa shape index (κ1) is 29.6. The summed E-state index contributed by atoms with van der Waals surface area (Å²) in [7, 11) is 0. The summed E-state index contributed by atoms with van der Waals surface area (Å²) in [5.74, 6) is 1.10. The van der Waals surface area contributed by atoms with Gasteiger partial charge in [0.05, 0.1) is 16.8 Å². The van der Waals surface area contributed by atoms with Crippen LogP contribution in [-0.4, -0.2) is 43.2 Å². The lowest BCUT2D eigenvalue weighted by Gasteiger charge is -2.20. The van der Waals surface area contributed by atoms with Crippen LogP contribution in [0, 0.1) is 0 Å². The van der Waals surface area contributed by atoms with Crippen LogP contribution in [0.15, 0.2) is 121 Å². The number of pyridine rings is 1. The topological polar surface area (TPSA) is 126 Å². The van der Waals surface area contributed by atoms with Crippen molar-refractivity contribution in [1.29, 1.82) is 0 Å². The Labute approximate surface area is 271 Å². The third-order valence-corrected chi connectivity index (χ3v) is 8.27. The maximum absolute atomic E-state index is 13.0. The number of H-pyrrole nitrogens is 1. The molecule has 0 fully saturated rings. The van der Waals surface area contributed by atoms with Gasteiger partial charge in [0.1, 0.15) is 18.1 Å². The minimum atomic E-state index is -0.312. The molecule has 2 aromatic heterocycles. The number of aromatic nitrogens is 5. The van der Waals surface area contributed by atoms with Gasteiger partial charge in [-0.15, -0.1) is 5.10 Å². The van der Waals surface area contributed by atoms with E-state index in [0.717, 1.165) is 49.8 Å². The van der Waals surface area contributed by atoms with E-state index in [1.165, 1.54) is 6.07 Å². The molecule has 0 aliphatic rings. The average Bonchev–Trinajstić information content (AvgIpc) is 3.62. The van der Waals surface area contributed by atoms with Crippen LogP contribution in [0.4, 0.5) is 0 Å². The molecule has 232 valence electrons. The number of carbonyl (C=O) groups is 1. The predicted molar refractivity (Wildman–Crippen MR) is 180 cm³/mol. The van der Waals surface area contributed by atoms with E-state index < -0.39 is 0 Å². The number of carbonyl (C=O) groups excluding carboxylic acids is 1. The fourth-order valence-electron chi connectivity index (χ4n) is 5.74. The van der Waals surface area contributed by atoms with E-state index in [4.69, 9.17) is 9.72 Å². The van der Waals surface area contributed by atoms with Crippen molar-refractivity contribution < 1.29 is 14.6 Å². The van der Waals surface area contributed by atoms with Crippen molar-refractivity contribution in [3.63, 3.8) is 0 Å². The summed E-state index contributed by atoms with van der Waals surface area (Å²) in [4.78, 5) is 17.7. The zero-order valence-electron chi connectivity index (χ0n) is 25.5. The second kappa shape index (κ2) is 13.5. The number of hydrogen-bond donors (Lipinski definition) is 3. The van der Waals surface area contributed by atoms with E-state index in [2.05, 4.69) is 80.5 Å². The van der Waals surface area contributed by atoms with Crippen LogP contribution in [-0.2, 0) is 19.4 Å². The molecule has 1 atom stereocenters. The highest BCUT2D eigenvalue weighted by atomic mass is 16.5. The van der Waals surface area contributed by atoms with Crippen LogP contribution in [0.3, 0.4) is 0 Å². The van der Waals surface area contributed by atoms with Gasteiger partial charge in [0, 0.05) is 24.3 Å². The number of hydrogen-bond acceptors (Lipinski definition) is 7. The smallest absolute Gasteiger partial charge is 0.255 e. The quantitative estimate of drug-likeness (QED) is 0.150. The molecule has 7 aromatic rings. The van der Waals surface area contributed by atoms with Crippen molar-refractivity contribution in [1.82, 2.24) is 30.9 Å². The summed E-state index contributed by atoms with van der Waals surface area (Å²) in [6.07, 6.45) is 1.32. The summed E-state index contributed by atoms with van der Waals surface area (Å²) in [6.45, 7) is 0.769. The maximum atomic E-state index is 13.0. The van der Waals surface area contributed by atoms with Gasteiger partial charge in [0.25, 0.3) is 5.91 Å². The zero-order chi connectivity index (χ0) is 32.0. The Bertz CT molecular complexity index is 2150. The number of aromatic hydroxyl groups is 1. The van der Waals surface area contributed by atoms with Gasteiger partial charge in [-0.3, -0.25) is 4.79 Å². The van der Waals surface area contributed by atoms with Gasteiger partial charge in [-0.25, -0.2) is 10.1 Å². The van der Waals surface area contributed by atoms with E-state index in [0.29, 0.717) is 31.8 Å². The number of ether oxygens (including phenoxy) is 1. The first-order valence-corrected chi connectivity index (χ1v) is 15.5. The van der Waals surface area contributed by atoms with Crippen LogP contribution in [0.5, 0.6) is 11.5 Å². The molecule has 7 rings (SSSR count). The third-order valence-electron chi connectivity index (χ3n) is 8.27. The molecule has 0 spiro atoms. The summed E-state index contributed by atoms with van der Waals surface area (Å²) in [5, 5.41) is 30.6. The Hall–Kier alpha value is -6.09. The molecule has 0 saturated carbocycles. The van der Waals surface area contributed by atoms with Crippen molar-refractivity contribution in [2.24, 2.45) is 0 Å². The number of aromatic amines is 1. The molecule has 1 unspecified atom stereocenters. The van der Waals surface area contributed by atoms with Crippen LogP contribution in [0.25, 0.3) is 21.7 Å². The molecule has 0 bridgehead atoms. The fourth-order valence-corrected chi connectivity index (χ4v) is 5.74. The molecular formula is C38H32N6O3. The molecule has 2 heterocycles. The third kappa shape index (κ3) is 7.10. The number of tetrazole rings is 1. The van der Waals surface area contributed by atoms with Crippen LogP contribution in [0.1, 0.15) is 44.5 Å². The number of benzene rings is 5. The molecule has 0 aliphatic heterocycles. The summed E-state index contributed by atoms with van der Waals surface area (Å²) in [6, 6.07) is 39.5. The molecule has 3 N–H and O–H groups in total. The van der Waals surface area contributed by atoms with Crippen LogP contribution >= 0.6 is 0 Å². The minimum absolute atomic E-state index is 0.0200. The Morgan fingerprint density at radius 2 is 1.57 bits per heavy atom. The van der Waals surface area contributed by atoms with Crippen molar-refractivity contribution in [2.75, 3.05) is 6.54 Å². The average molecular weight is 621 g/mol. The maximum Gasteiger partial charge on any atom is 0.255 e.